The Hall–Kier alpha value is -1.44. The maximum absolute atomic E-state index is 12.1. The molecule has 0 aromatic carbocycles. The van der Waals surface area contributed by atoms with Gasteiger partial charge in [0.25, 0.3) is 0 Å². The van der Waals surface area contributed by atoms with Gasteiger partial charge in [0.1, 0.15) is 6.61 Å². The van der Waals surface area contributed by atoms with Crippen LogP contribution in [0.1, 0.15) is 181 Å². The monoisotopic (exact) mass is 641 g/mol. The zero-order valence-electron chi connectivity index (χ0n) is 29.5. The molecule has 0 aliphatic rings. The lowest BCUT2D eigenvalue weighted by Gasteiger charge is -2.16. The molecule has 0 unspecified atom stereocenters. The van der Waals surface area contributed by atoms with Crippen LogP contribution in [0.2, 0.25) is 0 Å². The highest BCUT2D eigenvalue weighted by molar-refractivity contribution is 5.70. The number of hydrogen-bond donors (Lipinski definition) is 3. The Balaban J connectivity index is 3.69. The van der Waals surface area contributed by atoms with Crippen molar-refractivity contribution in [3.8, 4) is 0 Å². The third-order valence-corrected chi connectivity index (χ3v) is 8.44. The topological polar surface area (TPSA) is 113 Å². The van der Waals surface area contributed by atoms with Crippen LogP contribution in [0.5, 0.6) is 0 Å². The van der Waals surface area contributed by atoms with Crippen molar-refractivity contribution in [3.05, 3.63) is 12.2 Å². The fourth-order valence-electron chi connectivity index (χ4n) is 5.41. The summed E-state index contributed by atoms with van der Waals surface area (Å²) in [5.41, 5.74) is 0. The molecule has 0 aromatic heterocycles. The summed E-state index contributed by atoms with van der Waals surface area (Å²) in [5, 5.41) is 29.8. The summed E-state index contributed by atoms with van der Waals surface area (Å²) in [6.07, 6.45) is 27.2. The molecule has 0 amide bonds. The van der Waals surface area contributed by atoms with E-state index in [2.05, 4.69) is 26.8 Å². The molecule has 266 valence electrons. The Morgan fingerprint density at radius 1 is 0.622 bits per heavy atom. The quantitative estimate of drug-likeness (QED) is 0.0372. The minimum absolute atomic E-state index is 0.110. The second kappa shape index (κ2) is 32.5. The molecule has 0 heterocycles. The van der Waals surface area contributed by atoms with E-state index < -0.39 is 24.3 Å². The molecule has 0 saturated carbocycles. The Morgan fingerprint density at radius 2 is 1.13 bits per heavy atom. The number of unbranched alkanes of at least 4 members (excludes halogenated alkanes) is 17. The molecule has 3 N–H and O–H groups in total. The van der Waals surface area contributed by atoms with Crippen molar-refractivity contribution in [2.45, 2.75) is 200 Å². The third kappa shape index (κ3) is 31.0. The highest BCUT2D eigenvalue weighted by atomic mass is 16.6. The summed E-state index contributed by atoms with van der Waals surface area (Å²) in [4.78, 5) is 24.2. The van der Waals surface area contributed by atoms with Gasteiger partial charge in [0, 0.05) is 12.8 Å². The molecule has 45 heavy (non-hydrogen) atoms. The molecule has 7 nitrogen and oxygen atoms in total. The Morgan fingerprint density at radius 3 is 1.67 bits per heavy atom. The van der Waals surface area contributed by atoms with Gasteiger partial charge in [0.15, 0.2) is 6.10 Å². The highest BCUT2D eigenvalue weighted by Crippen LogP contribution is 2.15. The van der Waals surface area contributed by atoms with E-state index in [1.165, 1.54) is 77.0 Å². The van der Waals surface area contributed by atoms with Gasteiger partial charge < -0.3 is 24.8 Å². The van der Waals surface area contributed by atoms with Crippen LogP contribution < -0.4 is 0 Å². The number of rotatable bonds is 33. The second-order valence-electron chi connectivity index (χ2n) is 13.4. The summed E-state index contributed by atoms with van der Waals surface area (Å²) in [7, 11) is 0. The molecule has 0 radical (unpaired) electrons. The average Bonchev–Trinajstić information content (AvgIpc) is 3.02. The van der Waals surface area contributed by atoms with E-state index in [-0.39, 0.29) is 25.6 Å². The van der Waals surface area contributed by atoms with E-state index in [0.717, 1.165) is 57.3 Å². The van der Waals surface area contributed by atoms with Crippen LogP contribution in [0.4, 0.5) is 0 Å². The molecule has 0 aromatic rings. The lowest BCUT2D eigenvalue weighted by molar-refractivity contribution is -0.161. The number of carbonyl (C=O) groups excluding carboxylic acids is 2. The molecule has 0 fully saturated rings. The number of hydrogen-bond acceptors (Lipinski definition) is 7. The minimum Gasteiger partial charge on any atom is -0.462 e. The number of aliphatic hydroxyl groups is 3. The zero-order valence-corrected chi connectivity index (χ0v) is 29.5. The smallest absolute Gasteiger partial charge is 0.306 e. The lowest BCUT2D eigenvalue weighted by Crippen LogP contribution is -2.28. The predicted octanol–water partition coefficient (Wildman–Crippen LogP) is 9.14. The van der Waals surface area contributed by atoms with Crippen molar-refractivity contribution in [3.63, 3.8) is 0 Å². The summed E-state index contributed by atoms with van der Waals surface area (Å²) in [5.74, 6) is 0.126. The Labute approximate surface area is 276 Å². The van der Waals surface area contributed by atoms with Gasteiger partial charge in [-0.3, -0.25) is 9.59 Å². The summed E-state index contributed by atoms with van der Waals surface area (Å²) < 4.78 is 10.5. The van der Waals surface area contributed by atoms with Crippen LogP contribution in [0.15, 0.2) is 12.2 Å². The van der Waals surface area contributed by atoms with Crippen molar-refractivity contribution >= 4 is 11.9 Å². The van der Waals surface area contributed by atoms with Crippen molar-refractivity contribution < 1.29 is 34.4 Å². The molecule has 0 aliphatic heterocycles. The van der Waals surface area contributed by atoms with Gasteiger partial charge in [-0.25, -0.2) is 0 Å². The summed E-state index contributed by atoms with van der Waals surface area (Å²) in [6, 6.07) is 0. The minimum atomic E-state index is -0.823. The molecule has 0 bridgehead atoms. The first kappa shape index (κ1) is 43.6. The third-order valence-electron chi connectivity index (χ3n) is 8.44. The maximum Gasteiger partial charge on any atom is 0.306 e. The Kier molecular flexibility index (Phi) is 31.5. The van der Waals surface area contributed by atoms with E-state index in [0.29, 0.717) is 25.7 Å². The molecular formula is C38H72O7. The van der Waals surface area contributed by atoms with Crippen LogP contribution in [-0.2, 0) is 19.1 Å². The van der Waals surface area contributed by atoms with E-state index in [1.54, 1.807) is 0 Å². The van der Waals surface area contributed by atoms with Crippen molar-refractivity contribution in [1.82, 2.24) is 0 Å². The SMILES string of the molecule is CCCCC/C=C\C[C@H](O)[C@@H](O)CCCCCCCC(=O)O[C@@H](CO)COC(=O)CCCCCCCCCCCCCC(C)C. The predicted molar refractivity (Wildman–Crippen MR) is 185 cm³/mol. The van der Waals surface area contributed by atoms with Gasteiger partial charge in [-0.1, -0.05) is 142 Å². The van der Waals surface area contributed by atoms with E-state index in [4.69, 9.17) is 9.47 Å². The van der Waals surface area contributed by atoms with Crippen LogP contribution in [0.3, 0.4) is 0 Å². The van der Waals surface area contributed by atoms with Gasteiger partial charge in [-0.2, -0.15) is 0 Å². The fourth-order valence-corrected chi connectivity index (χ4v) is 5.41. The molecular weight excluding hydrogens is 568 g/mol. The summed E-state index contributed by atoms with van der Waals surface area (Å²) in [6.45, 7) is 6.28. The molecule has 0 saturated heterocycles. The van der Waals surface area contributed by atoms with Crippen molar-refractivity contribution in [1.29, 1.82) is 0 Å². The standard InChI is InChI=1S/C38H72O7/c1-4-5-6-7-17-22-27-35(40)36(41)28-23-18-15-20-25-30-38(43)45-34(31-39)32-44-37(42)29-24-19-14-12-10-8-9-11-13-16-21-26-33(2)3/h17,22,33-36,39-41H,4-16,18-21,23-32H2,1-3H3/b22-17-/t34-,35-,36-/m0/s1. The first-order valence-electron chi connectivity index (χ1n) is 18.8. The number of esters is 2. The van der Waals surface area contributed by atoms with Crippen LogP contribution in [0, 0.1) is 5.92 Å². The molecule has 0 aliphatic carbocycles. The average molecular weight is 641 g/mol. The van der Waals surface area contributed by atoms with Gasteiger partial charge in [0.05, 0.1) is 18.8 Å². The largest absolute Gasteiger partial charge is 0.462 e. The van der Waals surface area contributed by atoms with Crippen LogP contribution in [-0.4, -0.2) is 58.8 Å². The van der Waals surface area contributed by atoms with Gasteiger partial charge >= 0.3 is 11.9 Å². The first-order chi connectivity index (χ1) is 21.8. The van der Waals surface area contributed by atoms with Crippen LogP contribution in [0.25, 0.3) is 0 Å². The van der Waals surface area contributed by atoms with E-state index in [9.17, 15) is 24.9 Å². The second-order valence-corrected chi connectivity index (χ2v) is 13.4. The maximum atomic E-state index is 12.1. The number of aliphatic hydroxyl groups excluding tert-OH is 3. The van der Waals surface area contributed by atoms with Crippen molar-refractivity contribution in [2.24, 2.45) is 5.92 Å². The normalized spacial score (nSPS) is 13.8. The molecule has 3 atom stereocenters. The molecule has 7 heteroatoms. The number of allylic oxidation sites excluding steroid dienone is 1. The first-order valence-corrected chi connectivity index (χ1v) is 18.8. The zero-order chi connectivity index (χ0) is 33.4. The van der Waals surface area contributed by atoms with E-state index >= 15 is 0 Å². The highest BCUT2D eigenvalue weighted by Gasteiger charge is 2.16. The van der Waals surface area contributed by atoms with Crippen LogP contribution >= 0.6 is 0 Å². The van der Waals surface area contributed by atoms with Gasteiger partial charge in [-0.05, 0) is 44.4 Å². The van der Waals surface area contributed by atoms with Gasteiger partial charge in [-0.15, -0.1) is 0 Å². The number of carbonyl (C=O) groups is 2. The van der Waals surface area contributed by atoms with Gasteiger partial charge in [0.2, 0.25) is 0 Å². The fraction of sp³-hybridized carbons (Fsp3) is 0.895. The lowest BCUT2D eigenvalue weighted by atomic mass is 10.0. The number of ether oxygens (including phenoxy) is 2. The molecule has 0 rings (SSSR count). The van der Waals surface area contributed by atoms with Crippen molar-refractivity contribution in [2.75, 3.05) is 13.2 Å². The Bertz CT molecular complexity index is 694. The van der Waals surface area contributed by atoms with E-state index in [1.807, 2.05) is 6.08 Å². The summed E-state index contributed by atoms with van der Waals surface area (Å²) >= 11 is 0. The molecule has 0 spiro atoms.